The first kappa shape index (κ1) is 22.6. The Balaban J connectivity index is 1.25. The molecule has 33 heavy (non-hydrogen) atoms. The lowest BCUT2D eigenvalue weighted by Gasteiger charge is -2.34. The van der Waals surface area contributed by atoms with E-state index in [2.05, 4.69) is 27.1 Å². The van der Waals surface area contributed by atoms with Gasteiger partial charge >= 0.3 is 0 Å². The molecular weight excluding hydrogens is 416 g/mol. The number of anilines is 1. The van der Waals surface area contributed by atoms with Gasteiger partial charge in [-0.15, -0.1) is 0 Å². The lowest BCUT2D eigenvalue weighted by molar-refractivity contribution is -0.123. The lowest BCUT2D eigenvalue weighted by atomic mass is 10.2. The van der Waals surface area contributed by atoms with E-state index in [0.717, 1.165) is 43.3 Å². The Kier molecular flexibility index (Phi) is 7.42. The van der Waals surface area contributed by atoms with Gasteiger partial charge in [0, 0.05) is 44.5 Å². The quantitative estimate of drug-likeness (QED) is 0.570. The maximum Gasteiger partial charge on any atom is 0.258 e. The summed E-state index contributed by atoms with van der Waals surface area (Å²) in [5.41, 5.74) is 2.19. The van der Waals surface area contributed by atoms with Crippen molar-refractivity contribution in [1.82, 2.24) is 15.2 Å². The molecule has 1 aromatic heterocycles. The Hall–Kier alpha value is -3.58. The van der Waals surface area contributed by atoms with Crippen LogP contribution >= 0.6 is 0 Å². The molecule has 1 aliphatic heterocycles. The van der Waals surface area contributed by atoms with E-state index in [-0.39, 0.29) is 12.5 Å². The molecule has 0 spiro atoms. The highest BCUT2D eigenvalue weighted by Gasteiger charge is 2.18. The highest BCUT2D eigenvalue weighted by molar-refractivity contribution is 5.77. The predicted molar refractivity (Wildman–Crippen MR) is 129 cm³/mol. The van der Waals surface area contributed by atoms with E-state index in [1.807, 2.05) is 55.5 Å². The topological polar surface area (TPSA) is 66.9 Å². The molecule has 0 bridgehead atoms. The zero-order chi connectivity index (χ0) is 23.0. The zero-order valence-corrected chi connectivity index (χ0v) is 19.2. The Morgan fingerprint density at radius 2 is 1.58 bits per heavy atom. The highest BCUT2D eigenvalue weighted by atomic mass is 16.5. The van der Waals surface area contributed by atoms with Crippen molar-refractivity contribution in [2.75, 3.05) is 44.7 Å². The van der Waals surface area contributed by atoms with Gasteiger partial charge in [-0.25, -0.2) is 4.98 Å². The smallest absolute Gasteiger partial charge is 0.258 e. The van der Waals surface area contributed by atoms with Crippen LogP contribution in [-0.4, -0.2) is 55.6 Å². The molecule has 1 saturated heterocycles. The van der Waals surface area contributed by atoms with Crippen LogP contribution in [0.3, 0.4) is 0 Å². The summed E-state index contributed by atoms with van der Waals surface area (Å²) in [5.74, 6) is 2.86. The second-order valence-corrected chi connectivity index (χ2v) is 8.23. The van der Waals surface area contributed by atoms with Gasteiger partial charge in [-0.1, -0.05) is 23.8 Å². The van der Waals surface area contributed by atoms with Crippen molar-refractivity contribution in [1.29, 1.82) is 0 Å². The first-order valence-electron chi connectivity index (χ1n) is 11.2. The summed E-state index contributed by atoms with van der Waals surface area (Å²) in [6.07, 6.45) is 1.80. The molecule has 7 nitrogen and oxygen atoms in total. The number of carbonyl (C=O) groups is 1. The Bertz CT molecular complexity index is 1050. The average molecular weight is 447 g/mol. The molecule has 7 heteroatoms. The second-order valence-electron chi connectivity index (χ2n) is 8.23. The van der Waals surface area contributed by atoms with Gasteiger partial charge in [-0.05, 0) is 56.4 Å². The maximum atomic E-state index is 12.4. The maximum absolute atomic E-state index is 12.4. The minimum atomic E-state index is -0.178. The van der Waals surface area contributed by atoms with E-state index in [1.54, 1.807) is 18.3 Å². The molecule has 2 aromatic carbocycles. The number of aromatic nitrogens is 1. The Morgan fingerprint density at radius 1 is 0.939 bits per heavy atom. The fourth-order valence-electron chi connectivity index (χ4n) is 3.61. The number of hydrogen-bond acceptors (Lipinski definition) is 6. The predicted octanol–water partition coefficient (Wildman–Crippen LogP) is 3.63. The number of nitrogens with one attached hydrogen (secondary N) is 1. The average Bonchev–Trinajstić information content (AvgIpc) is 2.84. The number of ether oxygens (including phenoxy) is 2. The summed E-state index contributed by atoms with van der Waals surface area (Å²) < 4.78 is 11.5. The summed E-state index contributed by atoms with van der Waals surface area (Å²) in [7, 11) is 2.13. The molecule has 0 aliphatic carbocycles. The van der Waals surface area contributed by atoms with Gasteiger partial charge in [-0.2, -0.15) is 0 Å². The largest absolute Gasteiger partial charge is 0.484 e. The molecule has 1 fully saturated rings. The van der Waals surface area contributed by atoms with E-state index in [1.165, 1.54) is 5.56 Å². The molecule has 0 atom stereocenters. The fourth-order valence-corrected chi connectivity index (χ4v) is 3.61. The number of aryl methyl sites for hydroxylation is 1. The molecule has 0 unspecified atom stereocenters. The van der Waals surface area contributed by atoms with Crippen LogP contribution in [0.25, 0.3) is 0 Å². The first-order chi connectivity index (χ1) is 16.1. The van der Waals surface area contributed by atoms with Gasteiger partial charge in [0.25, 0.3) is 5.91 Å². The number of amides is 1. The van der Waals surface area contributed by atoms with Gasteiger partial charge in [0.15, 0.2) is 6.61 Å². The number of carbonyl (C=O) groups excluding carboxylic acids is 1. The molecule has 2 heterocycles. The SMILES string of the molecule is Cc1ccc(Oc2ccc(OCC(=O)NCc3cccnc3N3CCN(C)CC3)cc2)cc1. The summed E-state index contributed by atoms with van der Waals surface area (Å²) in [6.45, 7) is 6.27. The number of nitrogens with zero attached hydrogens (tertiary/aromatic N) is 3. The fraction of sp³-hybridized carbons (Fsp3) is 0.308. The number of piperazine rings is 1. The van der Waals surface area contributed by atoms with Gasteiger partial charge in [-0.3, -0.25) is 4.79 Å². The van der Waals surface area contributed by atoms with E-state index in [9.17, 15) is 4.79 Å². The van der Waals surface area contributed by atoms with E-state index in [4.69, 9.17) is 9.47 Å². The van der Waals surface area contributed by atoms with Crippen LogP contribution in [0.4, 0.5) is 5.82 Å². The number of likely N-dealkylation sites (N-methyl/N-ethyl adjacent to an activating group) is 1. The Morgan fingerprint density at radius 3 is 2.27 bits per heavy atom. The van der Waals surface area contributed by atoms with Crippen LogP contribution in [0, 0.1) is 6.92 Å². The number of hydrogen-bond donors (Lipinski definition) is 1. The lowest BCUT2D eigenvalue weighted by Crippen LogP contribution is -2.45. The van der Waals surface area contributed by atoms with Gasteiger partial charge in [0.2, 0.25) is 0 Å². The van der Waals surface area contributed by atoms with E-state index < -0.39 is 0 Å². The van der Waals surface area contributed by atoms with Crippen LogP contribution < -0.4 is 19.7 Å². The van der Waals surface area contributed by atoms with Gasteiger partial charge in [0.05, 0.1) is 0 Å². The minimum absolute atomic E-state index is 0.0533. The molecule has 1 amide bonds. The third kappa shape index (κ3) is 6.46. The third-order valence-corrected chi connectivity index (χ3v) is 5.60. The molecule has 172 valence electrons. The first-order valence-corrected chi connectivity index (χ1v) is 11.2. The molecule has 1 aliphatic rings. The normalized spacial score (nSPS) is 14.1. The number of rotatable bonds is 8. The minimum Gasteiger partial charge on any atom is -0.484 e. The van der Waals surface area contributed by atoms with Crippen molar-refractivity contribution in [3.63, 3.8) is 0 Å². The van der Waals surface area contributed by atoms with Crippen molar-refractivity contribution in [2.24, 2.45) is 0 Å². The van der Waals surface area contributed by atoms with Crippen molar-refractivity contribution in [2.45, 2.75) is 13.5 Å². The molecular formula is C26H30N4O3. The van der Waals surface area contributed by atoms with E-state index in [0.29, 0.717) is 18.0 Å². The van der Waals surface area contributed by atoms with Crippen molar-refractivity contribution in [3.8, 4) is 17.2 Å². The van der Waals surface area contributed by atoms with Gasteiger partial charge in [0.1, 0.15) is 23.1 Å². The van der Waals surface area contributed by atoms with Crippen LogP contribution in [0.5, 0.6) is 17.2 Å². The molecule has 1 N–H and O–H groups in total. The molecule has 0 radical (unpaired) electrons. The summed E-state index contributed by atoms with van der Waals surface area (Å²) in [6, 6.07) is 19.0. The van der Waals surface area contributed by atoms with Crippen LogP contribution in [0.2, 0.25) is 0 Å². The van der Waals surface area contributed by atoms with Crippen molar-refractivity contribution in [3.05, 3.63) is 78.0 Å². The van der Waals surface area contributed by atoms with Crippen LogP contribution in [0.15, 0.2) is 66.9 Å². The Labute approximate surface area is 195 Å². The molecule has 3 aromatic rings. The highest BCUT2D eigenvalue weighted by Crippen LogP contribution is 2.24. The monoisotopic (exact) mass is 446 g/mol. The van der Waals surface area contributed by atoms with Gasteiger partial charge < -0.3 is 24.6 Å². The zero-order valence-electron chi connectivity index (χ0n) is 19.2. The molecule has 0 saturated carbocycles. The summed E-state index contributed by atoms with van der Waals surface area (Å²) in [5, 5.41) is 2.94. The number of benzene rings is 2. The van der Waals surface area contributed by atoms with E-state index >= 15 is 0 Å². The summed E-state index contributed by atoms with van der Waals surface area (Å²) in [4.78, 5) is 21.5. The second kappa shape index (κ2) is 10.8. The molecule has 4 rings (SSSR count). The summed E-state index contributed by atoms with van der Waals surface area (Å²) >= 11 is 0. The van der Waals surface area contributed by atoms with Crippen molar-refractivity contribution >= 4 is 11.7 Å². The standard InChI is InChI=1S/C26H30N4O3/c1-20-5-7-23(8-6-20)33-24-11-9-22(10-12-24)32-19-25(31)28-18-21-4-3-13-27-26(21)30-16-14-29(2)15-17-30/h3-13H,14-19H2,1-2H3,(H,28,31). The third-order valence-electron chi connectivity index (χ3n) is 5.60. The van der Waals surface area contributed by atoms with Crippen molar-refractivity contribution < 1.29 is 14.3 Å². The number of pyridine rings is 1. The van der Waals surface area contributed by atoms with Crippen LogP contribution in [0.1, 0.15) is 11.1 Å². The van der Waals surface area contributed by atoms with Crippen LogP contribution in [-0.2, 0) is 11.3 Å².